The average molecular weight is 252 g/mol. The number of hydrogen-bond acceptors (Lipinski definition) is 6. The molecule has 7 heteroatoms. The van der Waals surface area contributed by atoms with Crippen LogP contribution in [0.1, 0.15) is 26.7 Å². The third-order valence-electron chi connectivity index (χ3n) is 2.33. The molecule has 1 N–H and O–H groups in total. The van der Waals surface area contributed by atoms with Crippen molar-refractivity contribution in [1.82, 2.24) is 23.7 Å². The maximum Gasteiger partial charge on any atom is 0.169 e. The second-order valence-corrected chi connectivity index (χ2v) is 4.26. The van der Waals surface area contributed by atoms with E-state index >= 15 is 0 Å². The van der Waals surface area contributed by atoms with E-state index in [1.807, 2.05) is 4.68 Å². The topological polar surface area (TPSA) is 68.5 Å². The summed E-state index contributed by atoms with van der Waals surface area (Å²) in [4.78, 5) is 0. The van der Waals surface area contributed by atoms with Crippen molar-refractivity contribution in [2.45, 2.75) is 33.2 Å². The average Bonchev–Trinajstić information content (AvgIpc) is 2.94. The van der Waals surface area contributed by atoms with Gasteiger partial charge in [0.15, 0.2) is 5.82 Å². The second kappa shape index (κ2) is 5.72. The van der Waals surface area contributed by atoms with Crippen molar-refractivity contribution in [3.8, 4) is 11.4 Å². The normalized spacial score (nSPS) is 10.7. The van der Waals surface area contributed by atoms with Crippen molar-refractivity contribution in [2.24, 2.45) is 0 Å². The van der Waals surface area contributed by atoms with Gasteiger partial charge in [0.25, 0.3) is 0 Å². The SMILES string of the molecule is CCCNc1nsnc1-c1cnnn1CCC. The molecule has 6 nitrogen and oxygen atoms in total. The van der Waals surface area contributed by atoms with E-state index in [-0.39, 0.29) is 0 Å². The first-order valence-electron chi connectivity index (χ1n) is 5.82. The molecule has 2 heterocycles. The molecule has 0 aliphatic carbocycles. The van der Waals surface area contributed by atoms with Gasteiger partial charge in [-0.1, -0.05) is 19.1 Å². The Labute approximate surface area is 104 Å². The van der Waals surface area contributed by atoms with Gasteiger partial charge in [0, 0.05) is 13.1 Å². The van der Waals surface area contributed by atoms with Gasteiger partial charge in [-0.3, -0.25) is 0 Å². The molecule has 0 saturated carbocycles. The molecule has 0 radical (unpaired) electrons. The molecular weight excluding hydrogens is 236 g/mol. The summed E-state index contributed by atoms with van der Waals surface area (Å²) in [5.74, 6) is 0.830. The number of rotatable bonds is 6. The van der Waals surface area contributed by atoms with E-state index < -0.39 is 0 Å². The molecule has 2 aromatic heterocycles. The van der Waals surface area contributed by atoms with Crippen LogP contribution in [0, 0.1) is 0 Å². The summed E-state index contributed by atoms with van der Waals surface area (Å²) >= 11 is 1.21. The van der Waals surface area contributed by atoms with Gasteiger partial charge in [-0.2, -0.15) is 8.75 Å². The fourth-order valence-electron chi connectivity index (χ4n) is 1.53. The summed E-state index contributed by atoms with van der Waals surface area (Å²) in [6.45, 7) is 5.98. The summed E-state index contributed by atoms with van der Waals surface area (Å²) in [5.41, 5.74) is 1.78. The molecule has 0 unspecified atom stereocenters. The Kier molecular flexibility index (Phi) is 4.03. The van der Waals surface area contributed by atoms with Gasteiger partial charge in [0.1, 0.15) is 11.4 Å². The van der Waals surface area contributed by atoms with Crippen LogP contribution in [0.4, 0.5) is 5.82 Å². The maximum absolute atomic E-state index is 4.32. The zero-order chi connectivity index (χ0) is 12.1. The molecule has 0 amide bonds. The smallest absolute Gasteiger partial charge is 0.169 e. The molecule has 17 heavy (non-hydrogen) atoms. The van der Waals surface area contributed by atoms with E-state index in [1.54, 1.807) is 6.20 Å². The Morgan fingerprint density at radius 1 is 1.29 bits per heavy atom. The zero-order valence-corrected chi connectivity index (χ0v) is 10.9. The fourth-order valence-corrected chi connectivity index (χ4v) is 2.07. The number of anilines is 1. The quantitative estimate of drug-likeness (QED) is 0.852. The fraction of sp³-hybridized carbons (Fsp3) is 0.600. The molecule has 0 spiro atoms. The van der Waals surface area contributed by atoms with Gasteiger partial charge in [-0.05, 0) is 12.8 Å². The van der Waals surface area contributed by atoms with Gasteiger partial charge in [-0.15, -0.1) is 5.10 Å². The maximum atomic E-state index is 4.32. The van der Waals surface area contributed by atoms with E-state index in [0.29, 0.717) is 0 Å². The monoisotopic (exact) mass is 252 g/mol. The van der Waals surface area contributed by atoms with Crippen molar-refractivity contribution in [3.63, 3.8) is 0 Å². The Bertz CT molecular complexity index is 463. The number of nitrogens with one attached hydrogen (secondary N) is 1. The predicted octanol–water partition coefficient (Wildman–Crippen LogP) is 2.03. The summed E-state index contributed by atoms with van der Waals surface area (Å²) in [5, 5.41) is 11.3. The highest BCUT2D eigenvalue weighted by molar-refractivity contribution is 6.99. The van der Waals surface area contributed by atoms with E-state index in [4.69, 9.17) is 0 Å². The minimum absolute atomic E-state index is 0.830. The number of aromatic nitrogens is 5. The van der Waals surface area contributed by atoms with E-state index in [1.165, 1.54) is 11.7 Å². The van der Waals surface area contributed by atoms with Crippen molar-refractivity contribution in [2.75, 3.05) is 11.9 Å². The van der Waals surface area contributed by atoms with Crippen molar-refractivity contribution in [1.29, 1.82) is 0 Å². The third-order valence-corrected chi connectivity index (χ3v) is 2.86. The van der Waals surface area contributed by atoms with E-state index in [0.717, 1.165) is 43.1 Å². The lowest BCUT2D eigenvalue weighted by atomic mass is 10.3. The van der Waals surface area contributed by atoms with Gasteiger partial charge in [0.2, 0.25) is 0 Å². The van der Waals surface area contributed by atoms with Crippen molar-refractivity contribution in [3.05, 3.63) is 6.20 Å². The van der Waals surface area contributed by atoms with Crippen LogP contribution in [0.3, 0.4) is 0 Å². The number of nitrogens with zero attached hydrogens (tertiary/aromatic N) is 5. The summed E-state index contributed by atoms with van der Waals surface area (Å²) in [6.07, 6.45) is 3.82. The highest BCUT2D eigenvalue weighted by Crippen LogP contribution is 2.24. The Balaban J connectivity index is 2.26. The largest absolute Gasteiger partial charge is 0.367 e. The molecule has 0 atom stereocenters. The summed E-state index contributed by atoms with van der Waals surface area (Å²) in [7, 11) is 0. The minimum atomic E-state index is 0.830. The van der Waals surface area contributed by atoms with Crippen molar-refractivity contribution >= 4 is 17.5 Å². The van der Waals surface area contributed by atoms with Crippen LogP contribution in [-0.2, 0) is 6.54 Å². The van der Waals surface area contributed by atoms with Crippen LogP contribution in [0.15, 0.2) is 6.20 Å². The van der Waals surface area contributed by atoms with E-state index in [9.17, 15) is 0 Å². The van der Waals surface area contributed by atoms with Gasteiger partial charge in [-0.25, -0.2) is 4.68 Å². The van der Waals surface area contributed by atoms with Gasteiger partial charge >= 0.3 is 0 Å². The van der Waals surface area contributed by atoms with Gasteiger partial charge < -0.3 is 5.32 Å². The second-order valence-electron chi connectivity index (χ2n) is 3.73. The van der Waals surface area contributed by atoms with Gasteiger partial charge in [0.05, 0.1) is 17.9 Å². The molecular formula is C10H16N6S. The minimum Gasteiger partial charge on any atom is -0.367 e. The number of aryl methyl sites for hydroxylation is 1. The van der Waals surface area contributed by atoms with Crippen LogP contribution < -0.4 is 5.32 Å². The standard InChI is InChI=1S/C10H16N6S/c1-3-5-11-10-9(13-17-14-10)8-7-12-15-16(8)6-4-2/h7H,3-6H2,1-2H3,(H,11,14). The molecule has 0 fully saturated rings. The van der Waals surface area contributed by atoms with Crippen LogP contribution in [0.2, 0.25) is 0 Å². The third kappa shape index (κ3) is 2.60. The molecule has 0 bridgehead atoms. The Morgan fingerprint density at radius 3 is 2.94 bits per heavy atom. The first-order chi connectivity index (χ1) is 8.36. The molecule has 0 aromatic carbocycles. The summed E-state index contributed by atoms with van der Waals surface area (Å²) in [6, 6.07) is 0. The first-order valence-corrected chi connectivity index (χ1v) is 6.55. The summed E-state index contributed by atoms with van der Waals surface area (Å²) < 4.78 is 10.5. The highest BCUT2D eigenvalue weighted by Gasteiger charge is 2.14. The number of hydrogen-bond donors (Lipinski definition) is 1. The Morgan fingerprint density at radius 2 is 2.18 bits per heavy atom. The first kappa shape index (κ1) is 12.0. The predicted molar refractivity (Wildman–Crippen MR) is 68.0 cm³/mol. The van der Waals surface area contributed by atoms with Crippen LogP contribution in [-0.4, -0.2) is 30.3 Å². The lowest BCUT2D eigenvalue weighted by molar-refractivity contribution is 0.583. The van der Waals surface area contributed by atoms with Crippen LogP contribution in [0.5, 0.6) is 0 Å². The zero-order valence-electron chi connectivity index (χ0n) is 10.1. The molecule has 0 aliphatic rings. The lowest BCUT2D eigenvalue weighted by Crippen LogP contribution is -2.05. The molecule has 0 aliphatic heterocycles. The molecule has 0 saturated heterocycles. The van der Waals surface area contributed by atoms with Crippen molar-refractivity contribution < 1.29 is 0 Å². The van der Waals surface area contributed by atoms with Crippen LogP contribution in [0.25, 0.3) is 11.4 Å². The van der Waals surface area contributed by atoms with E-state index in [2.05, 4.69) is 38.2 Å². The lowest BCUT2D eigenvalue weighted by Gasteiger charge is -2.04. The van der Waals surface area contributed by atoms with Crippen LogP contribution >= 0.6 is 11.7 Å². The Hall–Kier alpha value is -1.50. The highest BCUT2D eigenvalue weighted by atomic mass is 32.1. The molecule has 2 aromatic rings. The molecule has 92 valence electrons. The molecule has 2 rings (SSSR count).